The molecule has 0 saturated heterocycles. The van der Waals surface area contributed by atoms with Gasteiger partial charge in [-0.25, -0.2) is 4.99 Å². The largest absolute Gasteiger partial charge is 3.00 e. The fraction of sp³-hybridized carbons (Fsp3) is 0.0400. The van der Waals surface area contributed by atoms with Crippen molar-refractivity contribution in [2.24, 2.45) is 9.98 Å². The number of halogens is 1. The molecular weight excluding hydrogens is 619 g/mol. The number of rotatable bonds is 1. The summed E-state index contributed by atoms with van der Waals surface area (Å²) in [5.74, 6) is -1.07. The number of carbonyl (C=O) groups is 1. The van der Waals surface area contributed by atoms with E-state index < -0.39 is 11.8 Å². The minimum absolute atomic E-state index is 0. The van der Waals surface area contributed by atoms with Crippen molar-refractivity contribution >= 4 is 50.3 Å². The van der Waals surface area contributed by atoms with Gasteiger partial charge in [0.1, 0.15) is 0 Å². The van der Waals surface area contributed by atoms with Gasteiger partial charge in [-0.15, -0.1) is 5.75 Å². The standard InChI is InChI=1S/C17H8BrN3O3.C7H7O2.CO.Ru/c18-9-5-6(22)4-8-10-12-11(16(23)21-17(12)24)7-2-1-3-19-14(7)15(10)20-13(8)9;1-9-7(8)6-4-2-3-5-6;1-2;/h1-5,22H,(H2,21,23,24);2-5H,1H3;;/q;;;+3/p-3. The Hall–Kier alpha value is -3.10. The molecule has 0 unspecified atom stereocenters. The first-order chi connectivity index (χ1) is 16.9. The number of esters is 1. The smallest absolute Gasteiger partial charge is 0.872 e. The molecule has 6 rings (SSSR count). The maximum absolute atomic E-state index is 12.3. The second kappa shape index (κ2) is 11.3. The second-order valence-corrected chi connectivity index (χ2v) is 8.03. The number of nitrogens with zero attached hydrogens (tertiary/aromatic N) is 3. The molecule has 2 aromatic carbocycles. The van der Waals surface area contributed by atoms with Crippen LogP contribution in [0.5, 0.6) is 5.75 Å². The molecule has 3 aromatic rings. The number of hydrogen-bond donors (Lipinski definition) is 0. The van der Waals surface area contributed by atoms with Crippen LogP contribution in [-0.4, -0.2) is 24.0 Å². The summed E-state index contributed by atoms with van der Waals surface area (Å²) in [6.45, 7) is 4.50. The van der Waals surface area contributed by atoms with Gasteiger partial charge in [0.05, 0.1) is 29.6 Å². The predicted octanol–water partition coefficient (Wildman–Crippen LogP) is 0.0737. The van der Waals surface area contributed by atoms with Gasteiger partial charge in [-0.05, 0) is 59.5 Å². The Morgan fingerprint density at radius 2 is 1.78 bits per heavy atom. The fourth-order valence-corrected chi connectivity index (χ4v) is 4.45. The molecule has 36 heavy (non-hydrogen) atoms. The average Bonchev–Trinajstić information content (AvgIpc) is 3.59. The number of pyridine rings is 1. The average molecular weight is 631 g/mol. The van der Waals surface area contributed by atoms with Gasteiger partial charge in [0.2, 0.25) is 0 Å². The van der Waals surface area contributed by atoms with E-state index in [1.807, 2.05) is 0 Å². The SMILES string of the molecule is COC(=O)[C]1[CH][CH][CH][CH]1.[C-]#[O+].[O-]C1=NC([O-])=c2c1c1c(c3ncccc23)=Nc2c(Br)cc([O-])cc2-1.[Ru+3]. The molecule has 0 bridgehead atoms. The molecule has 3 heterocycles. The number of methoxy groups -OCH3 is 1. The molecule has 0 spiro atoms. The van der Waals surface area contributed by atoms with Gasteiger partial charge in [0, 0.05) is 38.0 Å². The van der Waals surface area contributed by atoms with Crippen LogP contribution in [0.1, 0.15) is 5.56 Å². The van der Waals surface area contributed by atoms with E-state index in [1.54, 1.807) is 44.0 Å². The van der Waals surface area contributed by atoms with Crippen LogP contribution in [0.4, 0.5) is 5.69 Å². The number of hydrogen-bond acceptors (Lipinski definition) is 8. The molecule has 0 atom stereocenters. The number of fused-ring (bicyclic) bond motifs is 8. The predicted molar refractivity (Wildman–Crippen MR) is 121 cm³/mol. The molecule has 0 amide bonds. The molecule has 1 fully saturated rings. The Bertz CT molecular complexity index is 1530. The van der Waals surface area contributed by atoms with Crippen molar-refractivity contribution in [2.75, 3.05) is 7.11 Å². The van der Waals surface area contributed by atoms with E-state index in [4.69, 9.17) is 4.65 Å². The van der Waals surface area contributed by atoms with Gasteiger partial charge in [-0.2, -0.15) is 0 Å². The number of ether oxygens (including phenoxy) is 1. The van der Waals surface area contributed by atoms with E-state index >= 15 is 0 Å². The molecule has 0 N–H and O–H groups in total. The molecule has 1 saturated carbocycles. The van der Waals surface area contributed by atoms with Crippen LogP contribution in [0.3, 0.4) is 0 Å². The van der Waals surface area contributed by atoms with Crippen LogP contribution in [0.15, 0.2) is 44.9 Å². The number of carbonyl (C=O) groups excluding carboxylic acids is 1. The van der Waals surface area contributed by atoms with Gasteiger partial charge in [0.25, 0.3) is 0 Å². The number of aliphatic imine (C=N–C) groups is 1. The maximum Gasteiger partial charge on any atom is 3.00 e. The quantitative estimate of drug-likeness (QED) is 0.126. The van der Waals surface area contributed by atoms with Crippen molar-refractivity contribution in [3.05, 3.63) is 89.3 Å². The van der Waals surface area contributed by atoms with E-state index in [2.05, 4.69) is 42.3 Å². The van der Waals surface area contributed by atoms with Gasteiger partial charge in [-0.3, -0.25) is 14.8 Å². The van der Waals surface area contributed by atoms with Gasteiger partial charge in [0.15, 0.2) is 0 Å². The summed E-state index contributed by atoms with van der Waals surface area (Å²) >= 11 is 3.34. The Morgan fingerprint density at radius 1 is 1.08 bits per heavy atom. The number of aromatic nitrogens is 1. The molecule has 11 heteroatoms. The summed E-state index contributed by atoms with van der Waals surface area (Å²) in [6.07, 6.45) is 8.62. The van der Waals surface area contributed by atoms with Crippen LogP contribution < -0.4 is 25.9 Å². The monoisotopic (exact) mass is 631 g/mol. The van der Waals surface area contributed by atoms with Crippen LogP contribution in [-0.2, 0) is 33.7 Å². The molecule has 178 valence electrons. The van der Waals surface area contributed by atoms with E-state index in [0.29, 0.717) is 43.5 Å². The van der Waals surface area contributed by atoms with Crippen LogP contribution in [0.25, 0.3) is 27.9 Å². The molecule has 2 aliphatic heterocycles. The first kappa shape index (κ1) is 27.5. The fourth-order valence-electron chi connectivity index (χ4n) is 3.92. The third-order valence-electron chi connectivity index (χ3n) is 5.28. The molecule has 9 nitrogen and oxygen atoms in total. The molecule has 6 radical (unpaired) electrons. The van der Waals surface area contributed by atoms with Gasteiger partial charge in [-0.1, -0.05) is 18.2 Å². The zero-order valence-electron chi connectivity index (χ0n) is 18.2. The first-order valence-electron chi connectivity index (χ1n) is 9.89. The topological polar surface area (TPSA) is 153 Å². The van der Waals surface area contributed by atoms with E-state index in [0.717, 1.165) is 0 Å². The summed E-state index contributed by atoms with van der Waals surface area (Å²) < 4.78 is 12.5. The van der Waals surface area contributed by atoms with Crippen molar-refractivity contribution in [2.45, 2.75) is 0 Å². The Balaban J connectivity index is 0.000000256. The molecular formula is C25H12BrN3O6Ru. The van der Waals surface area contributed by atoms with Crippen LogP contribution in [0, 0.1) is 38.3 Å². The van der Waals surface area contributed by atoms with Crippen LogP contribution in [0.2, 0.25) is 0 Å². The Labute approximate surface area is 226 Å². The summed E-state index contributed by atoms with van der Waals surface area (Å²) in [7, 11) is 1.37. The third kappa shape index (κ3) is 4.67. The van der Waals surface area contributed by atoms with Gasteiger partial charge >= 0.3 is 36.7 Å². The second-order valence-electron chi connectivity index (χ2n) is 7.17. The van der Waals surface area contributed by atoms with Crippen molar-refractivity contribution < 1.29 is 49.0 Å². The minimum atomic E-state index is -0.604. The summed E-state index contributed by atoms with van der Waals surface area (Å²) in [5, 5.41) is 37.7. The zero-order valence-corrected chi connectivity index (χ0v) is 21.5. The van der Waals surface area contributed by atoms with Crippen LogP contribution >= 0.6 is 15.9 Å². The van der Waals surface area contributed by atoms with E-state index in [-0.39, 0.29) is 42.0 Å². The molecule has 1 aliphatic carbocycles. The summed E-state index contributed by atoms with van der Waals surface area (Å²) in [4.78, 5) is 23.1. The van der Waals surface area contributed by atoms with Crippen molar-refractivity contribution in [1.82, 2.24) is 4.98 Å². The van der Waals surface area contributed by atoms with Gasteiger partial charge < -0.3 is 20.1 Å². The number of benzene rings is 2. The summed E-state index contributed by atoms with van der Waals surface area (Å²) in [5.41, 5.74) is 2.25. The first-order valence-corrected chi connectivity index (χ1v) is 10.7. The van der Waals surface area contributed by atoms with Crippen molar-refractivity contribution in [3.63, 3.8) is 0 Å². The zero-order chi connectivity index (χ0) is 25.3. The molecule has 1 aromatic heterocycles. The maximum atomic E-state index is 12.3. The summed E-state index contributed by atoms with van der Waals surface area (Å²) in [6, 6.07) is 6.25. The molecule has 3 aliphatic rings. The van der Waals surface area contributed by atoms with Crippen molar-refractivity contribution in [1.29, 1.82) is 0 Å². The third-order valence-corrected chi connectivity index (χ3v) is 5.89. The van der Waals surface area contributed by atoms with E-state index in [1.165, 1.54) is 19.2 Å². The normalized spacial score (nSPS) is 14.6. The van der Waals surface area contributed by atoms with Crippen molar-refractivity contribution in [3.8, 4) is 16.9 Å². The van der Waals surface area contributed by atoms with E-state index in [9.17, 15) is 20.1 Å². The minimum Gasteiger partial charge on any atom is -0.872 e. The Morgan fingerprint density at radius 3 is 2.44 bits per heavy atom. The Kier molecular flexibility index (Phi) is 8.64.